The summed E-state index contributed by atoms with van der Waals surface area (Å²) in [4.78, 5) is 26.6. The minimum absolute atomic E-state index is 0.168. The number of nitrogens with zero attached hydrogens (tertiary/aromatic N) is 1. The van der Waals surface area contributed by atoms with Gasteiger partial charge >= 0.3 is 0 Å². The molecule has 2 aromatic carbocycles. The molecule has 2 aromatic rings. The molecule has 8 heteroatoms. The summed E-state index contributed by atoms with van der Waals surface area (Å²) in [5, 5.41) is 3.06. The van der Waals surface area contributed by atoms with Gasteiger partial charge in [0, 0.05) is 24.9 Å². The van der Waals surface area contributed by atoms with Gasteiger partial charge in [-0.15, -0.1) is 0 Å². The van der Waals surface area contributed by atoms with Crippen molar-refractivity contribution in [2.24, 2.45) is 0 Å². The van der Waals surface area contributed by atoms with Gasteiger partial charge in [0.15, 0.2) is 11.5 Å². The number of rotatable bonds is 8. The second-order valence-electron chi connectivity index (χ2n) is 6.42. The van der Waals surface area contributed by atoms with Gasteiger partial charge in [0.2, 0.25) is 5.75 Å². The minimum Gasteiger partial charge on any atom is -0.494 e. The van der Waals surface area contributed by atoms with E-state index < -0.39 is 5.91 Å². The van der Waals surface area contributed by atoms with Crippen molar-refractivity contribution in [2.75, 3.05) is 40.3 Å². The van der Waals surface area contributed by atoms with Crippen molar-refractivity contribution in [2.45, 2.75) is 6.92 Å². The molecule has 0 radical (unpaired) electrons. The van der Waals surface area contributed by atoms with Crippen molar-refractivity contribution in [3.05, 3.63) is 47.7 Å². The smallest absolute Gasteiger partial charge is 0.277 e. The van der Waals surface area contributed by atoms with Crippen LogP contribution in [0.2, 0.25) is 0 Å². The van der Waals surface area contributed by atoms with E-state index in [0.717, 1.165) is 4.90 Å². The molecule has 3 rings (SSSR count). The Hall–Kier alpha value is -3.68. The highest BCUT2D eigenvalue weighted by Crippen LogP contribution is 2.41. The van der Waals surface area contributed by atoms with Gasteiger partial charge in [-0.1, -0.05) is 12.1 Å². The van der Waals surface area contributed by atoms with Crippen LogP contribution in [0.3, 0.4) is 0 Å². The lowest BCUT2D eigenvalue weighted by atomic mass is 10.0. The fraction of sp³-hybridized carbons (Fsp3) is 0.273. The van der Waals surface area contributed by atoms with Crippen LogP contribution in [0.25, 0.3) is 5.57 Å². The Morgan fingerprint density at radius 3 is 2.00 bits per heavy atom. The lowest BCUT2D eigenvalue weighted by molar-refractivity contribution is -0.135. The van der Waals surface area contributed by atoms with Crippen LogP contribution in [0.15, 0.2) is 42.1 Å². The molecule has 0 aromatic heterocycles. The first kappa shape index (κ1) is 21.0. The van der Waals surface area contributed by atoms with Crippen molar-refractivity contribution in [1.29, 1.82) is 0 Å². The lowest BCUT2D eigenvalue weighted by Gasteiger charge is -2.15. The number of carbonyl (C=O) groups excluding carboxylic acids is 2. The fourth-order valence-electron chi connectivity index (χ4n) is 3.21. The molecule has 158 valence electrons. The van der Waals surface area contributed by atoms with E-state index in [1.165, 1.54) is 28.4 Å². The molecule has 1 aliphatic rings. The van der Waals surface area contributed by atoms with Crippen molar-refractivity contribution < 1.29 is 28.5 Å². The molecule has 0 fully saturated rings. The number of likely N-dealkylation sites (N-methyl/N-ethyl adjacent to an activating group) is 1. The zero-order valence-corrected chi connectivity index (χ0v) is 17.6. The van der Waals surface area contributed by atoms with Gasteiger partial charge in [0.1, 0.15) is 11.4 Å². The molecular formula is C22H24N2O6. The van der Waals surface area contributed by atoms with Crippen LogP contribution in [-0.4, -0.2) is 51.7 Å². The zero-order valence-electron chi connectivity index (χ0n) is 17.6. The molecule has 0 atom stereocenters. The van der Waals surface area contributed by atoms with Crippen LogP contribution >= 0.6 is 0 Å². The Labute approximate surface area is 175 Å². The largest absolute Gasteiger partial charge is 0.494 e. The Morgan fingerprint density at radius 1 is 0.900 bits per heavy atom. The summed E-state index contributed by atoms with van der Waals surface area (Å²) in [6.45, 7) is 2.43. The SMILES string of the molecule is CCOc1ccc(C2=C(Nc3cc(OC)c(OC)c(OC)c3)C(=O)N(C)C2=O)cc1. The summed E-state index contributed by atoms with van der Waals surface area (Å²) in [5.41, 5.74) is 1.57. The summed E-state index contributed by atoms with van der Waals surface area (Å²) in [6, 6.07) is 10.4. The van der Waals surface area contributed by atoms with Crippen LogP contribution in [0, 0.1) is 0 Å². The van der Waals surface area contributed by atoms with Crippen LogP contribution < -0.4 is 24.3 Å². The Balaban J connectivity index is 2.06. The summed E-state index contributed by atoms with van der Waals surface area (Å²) in [5.74, 6) is 1.14. The molecule has 8 nitrogen and oxygen atoms in total. The fourth-order valence-corrected chi connectivity index (χ4v) is 3.21. The topological polar surface area (TPSA) is 86.3 Å². The van der Waals surface area contributed by atoms with Crippen molar-refractivity contribution in [1.82, 2.24) is 4.90 Å². The van der Waals surface area contributed by atoms with Gasteiger partial charge in [-0.3, -0.25) is 14.5 Å². The third-order valence-electron chi connectivity index (χ3n) is 4.68. The van der Waals surface area contributed by atoms with Gasteiger partial charge in [0.25, 0.3) is 11.8 Å². The number of imide groups is 1. The number of nitrogens with one attached hydrogen (secondary N) is 1. The van der Waals surface area contributed by atoms with Crippen molar-refractivity contribution in [3.8, 4) is 23.0 Å². The van der Waals surface area contributed by atoms with Crippen LogP contribution in [-0.2, 0) is 9.59 Å². The molecule has 2 amide bonds. The highest BCUT2D eigenvalue weighted by atomic mass is 16.5. The number of amides is 2. The number of anilines is 1. The summed E-state index contributed by atoms with van der Waals surface area (Å²) < 4.78 is 21.5. The number of methoxy groups -OCH3 is 3. The molecule has 1 N–H and O–H groups in total. The van der Waals surface area contributed by atoms with E-state index in [9.17, 15) is 9.59 Å². The molecule has 0 spiro atoms. The molecule has 1 aliphatic heterocycles. The van der Waals surface area contributed by atoms with Crippen molar-refractivity contribution in [3.63, 3.8) is 0 Å². The van der Waals surface area contributed by atoms with Crippen LogP contribution in [0.5, 0.6) is 23.0 Å². The standard InChI is InChI=1S/C22H24N2O6/c1-6-30-15-9-7-13(8-10-15)18-19(22(26)24(2)21(18)25)23-14-11-16(27-3)20(29-5)17(12-14)28-4/h7-12,23H,6H2,1-5H3. The number of hydrogen-bond acceptors (Lipinski definition) is 7. The van der Waals surface area contributed by atoms with E-state index in [0.29, 0.717) is 40.9 Å². The quantitative estimate of drug-likeness (QED) is 0.667. The number of benzene rings is 2. The predicted molar refractivity (Wildman–Crippen MR) is 112 cm³/mol. The second-order valence-corrected chi connectivity index (χ2v) is 6.42. The maximum Gasteiger partial charge on any atom is 0.277 e. The maximum absolute atomic E-state index is 12.8. The second kappa shape index (κ2) is 8.77. The summed E-state index contributed by atoms with van der Waals surface area (Å²) in [6.07, 6.45) is 0. The molecular weight excluding hydrogens is 388 g/mol. The predicted octanol–water partition coefficient (Wildman–Crippen LogP) is 2.93. The minimum atomic E-state index is -0.433. The monoisotopic (exact) mass is 412 g/mol. The Morgan fingerprint density at radius 2 is 1.50 bits per heavy atom. The average molecular weight is 412 g/mol. The zero-order chi connectivity index (χ0) is 21.8. The molecule has 1 heterocycles. The maximum atomic E-state index is 12.8. The summed E-state index contributed by atoms with van der Waals surface area (Å²) in [7, 11) is 5.96. The first-order valence-corrected chi connectivity index (χ1v) is 9.32. The molecule has 0 aliphatic carbocycles. The Kier molecular flexibility index (Phi) is 6.15. The molecule has 0 unspecified atom stereocenters. The van der Waals surface area contributed by atoms with Gasteiger partial charge in [-0.25, -0.2) is 0 Å². The lowest BCUT2D eigenvalue weighted by Crippen LogP contribution is -2.27. The first-order valence-electron chi connectivity index (χ1n) is 9.32. The third-order valence-corrected chi connectivity index (χ3v) is 4.68. The highest BCUT2D eigenvalue weighted by Gasteiger charge is 2.37. The molecule has 0 bridgehead atoms. The van der Waals surface area contributed by atoms with Gasteiger partial charge in [-0.2, -0.15) is 0 Å². The van der Waals surface area contributed by atoms with Crippen LogP contribution in [0.4, 0.5) is 5.69 Å². The van der Waals surface area contributed by atoms with E-state index in [-0.39, 0.29) is 17.2 Å². The van der Waals surface area contributed by atoms with E-state index in [4.69, 9.17) is 18.9 Å². The molecule has 0 saturated carbocycles. The van der Waals surface area contributed by atoms with E-state index in [1.54, 1.807) is 36.4 Å². The van der Waals surface area contributed by atoms with Crippen LogP contribution in [0.1, 0.15) is 12.5 Å². The highest BCUT2D eigenvalue weighted by molar-refractivity contribution is 6.36. The van der Waals surface area contributed by atoms with Gasteiger partial charge < -0.3 is 24.3 Å². The number of carbonyl (C=O) groups is 2. The number of hydrogen-bond donors (Lipinski definition) is 1. The molecule has 30 heavy (non-hydrogen) atoms. The number of ether oxygens (including phenoxy) is 4. The average Bonchev–Trinajstić information content (AvgIpc) is 2.97. The first-order chi connectivity index (χ1) is 14.4. The Bertz CT molecular complexity index is 972. The van der Waals surface area contributed by atoms with Gasteiger partial charge in [-0.05, 0) is 24.6 Å². The van der Waals surface area contributed by atoms with Gasteiger partial charge in [0.05, 0.1) is 33.5 Å². The molecule has 0 saturated heterocycles. The van der Waals surface area contributed by atoms with E-state index in [2.05, 4.69) is 5.32 Å². The van der Waals surface area contributed by atoms with E-state index in [1.807, 2.05) is 6.92 Å². The van der Waals surface area contributed by atoms with Crippen molar-refractivity contribution >= 4 is 23.1 Å². The third kappa shape index (κ3) is 3.76. The summed E-state index contributed by atoms with van der Waals surface area (Å²) >= 11 is 0. The normalized spacial score (nSPS) is 13.6. The van der Waals surface area contributed by atoms with E-state index >= 15 is 0 Å².